The van der Waals surface area contributed by atoms with Gasteiger partial charge < -0.3 is 10.1 Å². The lowest BCUT2D eigenvalue weighted by Crippen LogP contribution is -2.54. The molecule has 4 fully saturated rings. The molecule has 0 radical (unpaired) electrons. The predicted molar refractivity (Wildman–Crippen MR) is 104 cm³/mol. The van der Waals surface area contributed by atoms with Gasteiger partial charge in [0.05, 0.1) is 5.92 Å². The SMILES string of the molecule is CC1CN(CCC[C@@H]2[C@H]3CCCC[C@@H]3C[C@@H]3C(=O)O[C@@H](C)[C@H]23)C(C)CN1. The van der Waals surface area contributed by atoms with E-state index in [-0.39, 0.29) is 18.0 Å². The highest BCUT2D eigenvalue weighted by Gasteiger charge is 2.54. The fourth-order valence-corrected chi connectivity index (χ4v) is 6.78. The van der Waals surface area contributed by atoms with Crippen LogP contribution in [0.15, 0.2) is 0 Å². The summed E-state index contributed by atoms with van der Waals surface area (Å²) in [4.78, 5) is 15.1. The first-order valence-corrected chi connectivity index (χ1v) is 11.2. The van der Waals surface area contributed by atoms with Crippen LogP contribution in [-0.4, -0.2) is 48.7 Å². The first-order valence-electron chi connectivity index (χ1n) is 11.2. The number of piperazine rings is 1. The maximum atomic E-state index is 12.4. The summed E-state index contributed by atoms with van der Waals surface area (Å²) in [6.07, 6.45) is 9.30. The van der Waals surface area contributed by atoms with Gasteiger partial charge in [-0.2, -0.15) is 0 Å². The van der Waals surface area contributed by atoms with Crippen molar-refractivity contribution in [2.75, 3.05) is 19.6 Å². The van der Waals surface area contributed by atoms with E-state index >= 15 is 0 Å². The molecule has 4 rings (SSSR count). The molecule has 4 aliphatic rings. The van der Waals surface area contributed by atoms with Crippen molar-refractivity contribution in [3.63, 3.8) is 0 Å². The van der Waals surface area contributed by atoms with Gasteiger partial charge >= 0.3 is 5.97 Å². The van der Waals surface area contributed by atoms with Crippen LogP contribution in [0.3, 0.4) is 0 Å². The Balaban J connectivity index is 1.41. The highest BCUT2D eigenvalue weighted by molar-refractivity contribution is 5.75. The molecule has 0 spiro atoms. The molecule has 0 aromatic rings. The van der Waals surface area contributed by atoms with Crippen LogP contribution in [0.25, 0.3) is 0 Å². The minimum Gasteiger partial charge on any atom is -0.462 e. The molecule has 0 amide bonds. The van der Waals surface area contributed by atoms with Crippen LogP contribution in [0.4, 0.5) is 0 Å². The van der Waals surface area contributed by atoms with Crippen molar-refractivity contribution in [2.24, 2.45) is 29.6 Å². The van der Waals surface area contributed by atoms with Crippen LogP contribution in [-0.2, 0) is 9.53 Å². The van der Waals surface area contributed by atoms with E-state index in [1.807, 2.05) is 0 Å². The molecule has 26 heavy (non-hydrogen) atoms. The lowest BCUT2D eigenvalue weighted by atomic mass is 9.56. The lowest BCUT2D eigenvalue weighted by Gasteiger charge is -2.47. The minimum atomic E-state index is 0.112. The van der Waals surface area contributed by atoms with Crippen molar-refractivity contribution in [3.8, 4) is 0 Å². The Hall–Kier alpha value is -0.610. The number of carbonyl (C=O) groups excluding carboxylic acids is 1. The molecular formula is C22H38N2O2. The van der Waals surface area contributed by atoms with E-state index in [4.69, 9.17) is 4.74 Å². The molecular weight excluding hydrogens is 324 g/mol. The zero-order chi connectivity index (χ0) is 18.3. The Morgan fingerprint density at radius 1 is 1.19 bits per heavy atom. The molecule has 0 bridgehead atoms. The summed E-state index contributed by atoms with van der Waals surface area (Å²) in [7, 11) is 0. The smallest absolute Gasteiger partial charge is 0.309 e. The number of rotatable bonds is 4. The lowest BCUT2D eigenvalue weighted by molar-refractivity contribution is -0.144. The maximum Gasteiger partial charge on any atom is 0.309 e. The molecule has 4 heteroatoms. The van der Waals surface area contributed by atoms with Gasteiger partial charge in [0, 0.05) is 31.1 Å². The van der Waals surface area contributed by atoms with E-state index in [2.05, 4.69) is 31.0 Å². The summed E-state index contributed by atoms with van der Waals surface area (Å²) in [6, 6.07) is 1.25. The third-order valence-corrected chi connectivity index (χ3v) is 8.06. The normalized spacial score (nSPS) is 46.5. The van der Waals surface area contributed by atoms with Gasteiger partial charge in [0.2, 0.25) is 0 Å². The molecule has 2 unspecified atom stereocenters. The summed E-state index contributed by atoms with van der Waals surface area (Å²) in [6.45, 7) is 10.3. The Labute approximate surface area is 159 Å². The van der Waals surface area contributed by atoms with Crippen LogP contribution >= 0.6 is 0 Å². The molecule has 1 N–H and O–H groups in total. The van der Waals surface area contributed by atoms with Crippen molar-refractivity contribution < 1.29 is 9.53 Å². The summed E-state index contributed by atoms with van der Waals surface area (Å²) in [5, 5.41) is 3.58. The third kappa shape index (κ3) is 3.56. The second kappa shape index (κ2) is 7.79. The van der Waals surface area contributed by atoms with E-state index in [0.29, 0.717) is 23.9 Å². The number of fused-ring (bicyclic) bond motifs is 2. The highest BCUT2D eigenvalue weighted by Crippen LogP contribution is 2.54. The Kier molecular flexibility index (Phi) is 5.61. The molecule has 2 aliphatic heterocycles. The molecule has 0 aromatic carbocycles. The Bertz CT molecular complexity index is 510. The van der Waals surface area contributed by atoms with Crippen LogP contribution in [0.5, 0.6) is 0 Å². The standard InChI is InChI=1S/C22H38N2O2/c1-14-13-24(15(2)12-23-14)10-6-9-19-18-8-5-4-7-17(18)11-20-21(19)16(3)26-22(20)25/h14-21,23H,4-13H2,1-3H3/t14?,15?,16-,17+,18-,19+,20-,21+/m0/s1. The van der Waals surface area contributed by atoms with Gasteiger partial charge in [0.25, 0.3) is 0 Å². The Morgan fingerprint density at radius 3 is 2.85 bits per heavy atom. The van der Waals surface area contributed by atoms with Crippen molar-refractivity contribution in [1.82, 2.24) is 10.2 Å². The van der Waals surface area contributed by atoms with Crippen LogP contribution in [0, 0.1) is 29.6 Å². The van der Waals surface area contributed by atoms with Crippen molar-refractivity contribution >= 4 is 5.97 Å². The molecule has 2 saturated carbocycles. The average Bonchev–Trinajstić information content (AvgIpc) is 2.91. The molecule has 8 atom stereocenters. The van der Waals surface area contributed by atoms with Crippen LogP contribution < -0.4 is 5.32 Å². The number of nitrogens with one attached hydrogen (secondary N) is 1. The fourth-order valence-electron chi connectivity index (χ4n) is 6.78. The van der Waals surface area contributed by atoms with Crippen LogP contribution in [0.2, 0.25) is 0 Å². The van der Waals surface area contributed by atoms with Crippen LogP contribution in [0.1, 0.15) is 65.7 Å². The van der Waals surface area contributed by atoms with Gasteiger partial charge in [-0.05, 0) is 70.8 Å². The van der Waals surface area contributed by atoms with Crippen molar-refractivity contribution in [2.45, 2.75) is 83.9 Å². The molecule has 4 nitrogen and oxygen atoms in total. The summed E-state index contributed by atoms with van der Waals surface area (Å²) in [5.41, 5.74) is 0. The van der Waals surface area contributed by atoms with Gasteiger partial charge in [-0.25, -0.2) is 0 Å². The first-order chi connectivity index (χ1) is 12.5. The zero-order valence-corrected chi connectivity index (χ0v) is 17.0. The van der Waals surface area contributed by atoms with Gasteiger partial charge in [-0.1, -0.05) is 19.3 Å². The van der Waals surface area contributed by atoms with E-state index in [0.717, 1.165) is 24.8 Å². The summed E-state index contributed by atoms with van der Waals surface area (Å²) in [5.74, 6) is 3.14. The number of hydrogen-bond donors (Lipinski definition) is 1. The number of ether oxygens (including phenoxy) is 1. The van der Waals surface area contributed by atoms with Gasteiger partial charge in [-0.15, -0.1) is 0 Å². The van der Waals surface area contributed by atoms with Gasteiger partial charge in [0.1, 0.15) is 6.10 Å². The number of esters is 1. The predicted octanol–water partition coefficient (Wildman–Crippen LogP) is 3.45. The van der Waals surface area contributed by atoms with E-state index < -0.39 is 0 Å². The highest BCUT2D eigenvalue weighted by atomic mass is 16.6. The monoisotopic (exact) mass is 362 g/mol. The quantitative estimate of drug-likeness (QED) is 0.778. The summed E-state index contributed by atoms with van der Waals surface area (Å²) < 4.78 is 5.71. The summed E-state index contributed by atoms with van der Waals surface area (Å²) >= 11 is 0. The third-order valence-electron chi connectivity index (χ3n) is 8.06. The van der Waals surface area contributed by atoms with E-state index in [1.54, 1.807) is 0 Å². The largest absolute Gasteiger partial charge is 0.462 e. The topological polar surface area (TPSA) is 41.6 Å². The molecule has 0 aromatic heterocycles. The molecule has 148 valence electrons. The maximum absolute atomic E-state index is 12.4. The number of hydrogen-bond acceptors (Lipinski definition) is 4. The van der Waals surface area contributed by atoms with E-state index in [1.165, 1.54) is 51.6 Å². The van der Waals surface area contributed by atoms with Gasteiger partial charge in [-0.3, -0.25) is 9.69 Å². The van der Waals surface area contributed by atoms with Crippen molar-refractivity contribution in [1.29, 1.82) is 0 Å². The number of nitrogens with zero attached hydrogens (tertiary/aromatic N) is 1. The first kappa shape index (κ1) is 18.7. The average molecular weight is 363 g/mol. The minimum absolute atomic E-state index is 0.112. The van der Waals surface area contributed by atoms with E-state index in [9.17, 15) is 4.79 Å². The second-order valence-electron chi connectivity index (χ2n) is 9.73. The number of carbonyl (C=O) groups is 1. The molecule has 2 saturated heterocycles. The fraction of sp³-hybridized carbons (Fsp3) is 0.955. The number of cyclic esters (lactones) is 1. The zero-order valence-electron chi connectivity index (χ0n) is 17.0. The molecule has 2 heterocycles. The Morgan fingerprint density at radius 2 is 2.00 bits per heavy atom. The second-order valence-corrected chi connectivity index (χ2v) is 9.73. The van der Waals surface area contributed by atoms with Crippen molar-refractivity contribution in [3.05, 3.63) is 0 Å². The molecule has 2 aliphatic carbocycles. The van der Waals surface area contributed by atoms with Gasteiger partial charge in [0.15, 0.2) is 0 Å².